The number of nitrogens with two attached hydrogens (primary N) is 1. The predicted octanol–water partition coefficient (Wildman–Crippen LogP) is 2.65. The van der Waals surface area contributed by atoms with Crippen molar-refractivity contribution in [2.75, 3.05) is 20.3 Å². The Bertz CT molecular complexity index is 366. The van der Waals surface area contributed by atoms with E-state index < -0.39 is 0 Å². The Labute approximate surface area is 115 Å². The van der Waals surface area contributed by atoms with Gasteiger partial charge in [-0.1, -0.05) is 12.5 Å². The molecule has 0 saturated carbocycles. The summed E-state index contributed by atoms with van der Waals surface area (Å²) < 4.78 is 11.0. The van der Waals surface area contributed by atoms with E-state index in [0.29, 0.717) is 6.61 Å². The van der Waals surface area contributed by atoms with Gasteiger partial charge in [0.1, 0.15) is 11.5 Å². The smallest absolute Gasteiger partial charge is 0.127 e. The van der Waals surface area contributed by atoms with Crippen LogP contribution in [0.15, 0.2) is 18.2 Å². The molecule has 1 unspecified atom stereocenters. The Morgan fingerprint density at radius 1 is 1.21 bits per heavy atom. The van der Waals surface area contributed by atoms with Gasteiger partial charge in [-0.25, -0.2) is 0 Å². The second-order valence-corrected chi connectivity index (χ2v) is 4.68. The van der Waals surface area contributed by atoms with Gasteiger partial charge in [-0.3, -0.25) is 0 Å². The Kier molecular flexibility index (Phi) is 7.30. The SMILES string of the molecule is COc1ccc(C(C)N)c(OCCCCCCO)c1. The molecule has 1 aromatic carbocycles. The second-order valence-electron chi connectivity index (χ2n) is 4.68. The normalized spacial score (nSPS) is 12.2. The molecule has 0 radical (unpaired) electrons. The van der Waals surface area contributed by atoms with Crippen molar-refractivity contribution in [2.24, 2.45) is 5.73 Å². The first-order chi connectivity index (χ1) is 9.19. The maximum atomic E-state index is 8.70. The molecule has 0 saturated heterocycles. The fraction of sp³-hybridized carbons (Fsp3) is 0.600. The zero-order chi connectivity index (χ0) is 14.1. The van der Waals surface area contributed by atoms with Gasteiger partial charge in [0, 0.05) is 24.3 Å². The van der Waals surface area contributed by atoms with E-state index in [4.69, 9.17) is 20.3 Å². The summed E-state index contributed by atoms with van der Waals surface area (Å²) in [6.45, 7) is 2.87. The van der Waals surface area contributed by atoms with Crippen LogP contribution in [0.4, 0.5) is 0 Å². The van der Waals surface area contributed by atoms with Crippen molar-refractivity contribution in [2.45, 2.75) is 38.6 Å². The molecule has 19 heavy (non-hydrogen) atoms. The molecule has 0 aromatic heterocycles. The van der Waals surface area contributed by atoms with Crippen molar-refractivity contribution in [3.63, 3.8) is 0 Å². The first-order valence-electron chi connectivity index (χ1n) is 6.86. The third-order valence-corrected chi connectivity index (χ3v) is 3.02. The van der Waals surface area contributed by atoms with Crippen LogP contribution in [0.1, 0.15) is 44.2 Å². The lowest BCUT2D eigenvalue weighted by molar-refractivity contribution is 0.272. The van der Waals surface area contributed by atoms with Crippen LogP contribution >= 0.6 is 0 Å². The van der Waals surface area contributed by atoms with E-state index in [1.807, 2.05) is 25.1 Å². The lowest BCUT2D eigenvalue weighted by Gasteiger charge is -2.15. The third kappa shape index (κ3) is 5.49. The number of hydrogen-bond donors (Lipinski definition) is 2. The summed E-state index contributed by atoms with van der Waals surface area (Å²) in [5.74, 6) is 1.58. The average Bonchev–Trinajstić information content (AvgIpc) is 2.42. The zero-order valence-electron chi connectivity index (χ0n) is 11.9. The zero-order valence-corrected chi connectivity index (χ0v) is 11.9. The van der Waals surface area contributed by atoms with Crippen molar-refractivity contribution in [1.29, 1.82) is 0 Å². The minimum absolute atomic E-state index is 0.0599. The Balaban J connectivity index is 2.50. The highest BCUT2D eigenvalue weighted by Crippen LogP contribution is 2.28. The molecule has 0 aliphatic heterocycles. The van der Waals surface area contributed by atoms with Crippen molar-refractivity contribution in [3.8, 4) is 11.5 Å². The predicted molar refractivity (Wildman–Crippen MR) is 76.6 cm³/mol. The first kappa shape index (κ1) is 15.8. The van der Waals surface area contributed by atoms with Gasteiger partial charge in [-0.15, -0.1) is 0 Å². The first-order valence-corrected chi connectivity index (χ1v) is 6.86. The van der Waals surface area contributed by atoms with E-state index in [1.165, 1.54) is 0 Å². The number of aliphatic hydroxyl groups is 1. The molecule has 0 amide bonds. The lowest BCUT2D eigenvalue weighted by atomic mass is 10.1. The Morgan fingerprint density at radius 3 is 2.58 bits per heavy atom. The summed E-state index contributed by atoms with van der Waals surface area (Å²) in [7, 11) is 1.64. The molecular weight excluding hydrogens is 242 g/mol. The molecule has 0 heterocycles. The number of benzene rings is 1. The summed E-state index contributed by atoms with van der Waals surface area (Å²) in [4.78, 5) is 0. The Morgan fingerprint density at radius 2 is 1.95 bits per heavy atom. The van der Waals surface area contributed by atoms with Crippen LogP contribution in [-0.2, 0) is 0 Å². The van der Waals surface area contributed by atoms with Gasteiger partial charge in [0.25, 0.3) is 0 Å². The van der Waals surface area contributed by atoms with Gasteiger partial charge in [0.15, 0.2) is 0 Å². The molecule has 4 nitrogen and oxygen atoms in total. The van der Waals surface area contributed by atoms with E-state index in [-0.39, 0.29) is 12.6 Å². The molecule has 0 spiro atoms. The molecule has 0 fully saturated rings. The van der Waals surface area contributed by atoms with Gasteiger partial charge in [-0.2, -0.15) is 0 Å². The van der Waals surface area contributed by atoms with Gasteiger partial charge >= 0.3 is 0 Å². The van der Waals surface area contributed by atoms with Crippen LogP contribution in [-0.4, -0.2) is 25.4 Å². The summed E-state index contributed by atoms with van der Waals surface area (Å²) in [6.07, 6.45) is 3.95. The summed E-state index contributed by atoms with van der Waals surface area (Å²) in [5.41, 5.74) is 6.92. The lowest BCUT2D eigenvalue weighted by Crippen LogP contribution is -2.09. The number of ether oxygens (including phenoxy) is 2. The van der Waals surface area contributed by atoms with Crippen LogP contribution < -0.4 is 15.2 Å². The molecule has 4 heteroatoms. The Hall–Kier alpha value is -1.26. The van der Waals surface area contributed by atoms with E-state index in [2.05, 4.69) is 0 Å². The van der Waals surface area contributed by atoms with Gasteiger partial charge < -0.3 is 20.3 Å². The number of aliphatic hydroxyl groups excluding tert-OH is 1. The highest BCUT2D eigenvalue weighted by molar-refractivity contribution is 5.42. The van der Waals surface area contributed by atoms with Crippen LogP contribution in [0.25, 0.3) is 0 Å². The highest BCUT2D eigenvalue weighted by Gasteiger charge is 2.09. The molecular formula is C15H25NO3. The topological polar surface area (TPSA) is 64.7 Å². The summed E-state index contributed by atoms with van der Waals surface area (Å²) in [5, 5.41) is 8.70. The molecule has 0 aliphatic carbocycles. The van der Waals surface area contributed by atoms with Gasteiger partial charge in [0.2, 0.25) is 0 Å². The number of methoxy groups -OCH3 is 1. The molecule has 0 bridgehead atoms. The van der Waals surface area contributed by atoms with Crippen molar-refractivity contribution >= 4 is 0 Å². The van der Waals surface area contributed by atoms with Crippen molar-refractivity contribution < 1.29 is 14.6 Å². The number of unbranched alkanes of at least 4 members (excludes halogenated alkanes) is 3. The van der Waals surface area contributed by atoms with Gasteiger partial charge in [-0.05, 0) is 32.3 Å². The van der Waals surface area contributed by atoms with E-state index >= 15 is 0 Å². The van der Waals surface area contributed by atoms with Crippen molar-refractivity contribution in [1.82, 2.24) is 0 Å². The largest absolute Gasteiger partial charge is 0.497 e. The second kappa shape index (κ2) is 8.77. The molecule has 1 rings (SSSR count). The van der Waals surface area contributed by atoms with Gasteiger partial charge in [0.05, 0.1) is 13.7 Å². The van der Waals surface area contributed by atoms with Crippen LogP contribution in [0.3, 0.4) is 0 Å². The van der Waals surface area contributed by atoms with E-state index in [9.17, 15) is 0 Å². The van der Waals surface area contributed by atoms with Crippen LogP contribution in [0, 0.1) is 0 Å². The van der Waals surface area contributed by atoms with E-state index in [0.717, 1.165) is 42.7 Å². The quantitative estimate of drug-likeness (QED) is 0.675. The maximum absolute atomic E-state index is 8.70. The molecule has 1 atom stereocenters. The maximum Gasteiger partial charge on any atom is 0.127 e. The summed E-state index contributed by atoms with van der Waals surface area (Å²) in [6, 6.07) is 5.67. The van der Waals surface area contributed by atoms with Crippen LogP contribution in [0.5, 0.6) is 11.5 Å². The fourth-order valence-corrected chi connectivity index (χ4v) is 1.89. The average molecular weight is 267 g/mol. The third-order valence-electron chi connectivity index (χ3n) is 3.02. The molecule has 3 N–H and O–H groups in total. The van der Waals surface area contributed by atoms with Crippen LogP contribution in [0.2, 0.25) is 0 Å². The fourth-order valence-electron chi connectivity index (χ4n) is 1.89. The highest BCUT2D eigenvalue weighted by atomic mass is 16.5. The number of hydrogen-bond acceptors (Lipinski definition) is 4. The van der Waals surface area contributed by atoms with E-state index in [1.54, 1.807) is 7.11 Å². The van der Waals surface area contributed by atoms with Crippen molar-refractivity contribution in [3.05, 3.63) is 23.8 Å². The number of rotatable bonds is 9. The minimum atomic E-state index is -0.0599. The molecule has 1 aromatic rings. The molecule has 108 valence electrons. The summed E-state index contributed by atoms with van der Waals surface area (Å²) >= 11 is 0. The molecule has 0 aliphatic rings. The minimum Gasteiger partial charge on any atom is -0.497 e. The standard InChI is InChI=1S/C15H25NO3/c1-12(16)14-8-7-13(18-2)11-15(14)19-10-6-4-3-5-9-17/h7-8,11-12,17H,3-6,9-10,16H2,1-2H3. The monoisotopic (exact) mass is 267 g/mol.